The molecule has 7 atom stereocenters. The fourth-order valence-electron chi connectivity index (χ4n) is 5.72. The van der Waals surface area contributed by atoms with Crippen LogP contribution in [0.15, 0.2) is 59.8 Å². The van der Waals surface area contributed by atoms with Gasteiger partial charge < -0.3 is 19.7 Å². The highest BCUT2D eigenvalue weighted by molar-refractivity contribution is 5.88. The predicted octanol–water partition coefficient (Wildman–Crippen LogP) is 4.38. The number of esters is 1. The normalized spacial score (nSPS) is 37.0. The molecule has 0 spiro atoms. The van der Waals surface area contributed by atoms with Crippen molar-refractivity contribution in [2.24, 2.45) is 23.7 Å². The molecular weight excluding hydrogens is 420 g/mol. The second kappa shape index (κ2) is 9.82. The van der Waals surface area contributed by atoms with Crippen molar-refractivity contribution in [3.05, 3.63) is 59.8 Å². The van der Waals surface area contributed by atoms with Crippen LogP contribution in [0.1, 0.15) is 47.0 Å². The molecule has 1 fully saturated rings. The van der Waals surface area contributed by atoms with Gasteiger partial charge in [-0.15, -0.1) is 0 Å². The van der Waals surface area contributed by atoms with Crippen LogP contribution < -0.4 is 0 Å². The Balaban J connectivity index is 1.97. The molecule has 0 aromatic carbocycles. The van der Waals surface area contributed by atoms with E-state index in [1.54, 1.807) is 12.2 Å². The fourth-order valence-corrected chi connectivity index (χ4v) is 5.72. The average Bonchev–Trinajstić information content (AvgIpc) is 3.49. The van der Waals surface area contributed by atoms with Gasteiger partial charge >= 0.3 is 11.9 Å². The molecule has 0 bridgehead atoms. The molecule has 3 aliphatic rings. The van der Waals surface area contributed by atoms with Gasteiger partial charge in [-0.3, -0.25) is 0 Å². The molecule has 180 valence electrons. The second-order valence-corrected chi connectivity index (χ2v) is 9.63. The molecule has 1 saturated heterocycles. The number of methoxy groups -OCH3 is 1. The molecule has 2 aliphatic carbocycles. The Morgan fingerprint density at radius 3 is 2.64 bits per heavy atom. The van der Waals surface area contributed by atoms with Crippen molar-refractivity contribution in [3.8, 4) is 0 Å². The quantitative estimate of drug-likeness (QED) is 0.185. The van der Waals surface area contributed by atoms with Crippen LogP contribution in [-0.2, 0) is 19.1 Å². The maximum Gasteiger partial charge on any atom is 0.333 e. The highest BCUT2D eigenvalue weighted by atomic mass is 16.6. The summed E-state index contributed by atoms with van der Waals surface area (Å²) in [6, 6.07) is 0. The summed E-state index contributed by atoms with van der Waals surface area (Å²) in [6.07, 6.45) is 16.1. The minimum atomic E-state index is -1.18. The van der Waals surface area contributed by atoms with Gasteiger partial charge in [0.2, 0.25) is 0 Å². The monoisotopic (exact) mass is 456 g/mol. The number of carboxylic acid groups (broad SMARTS) is 1. The minimum Gasteiger partial charge on any atom is -0.478 e. The van der Waals surface area contributed by atoms with Crippen molar-refractivity contribution in [3.63, 3.8) is 0 Å². The summed E-state index contributed by atoms with van der Waals surface area (Å²) in [4.78, 5) is 22.8. The number of carbonyl (C=O) groups is 2. The minimum absolute atomic E-state index is 0.0258. The zero-order chi connectivity index (χ0) is 24.4. The van der Waals surface area contributed by atoms with Gasteiger partial charge in [0, 0.05) is 17.6 Å². The van der Waals surface area contributed by atoms with Gasteiger partial charge in [-0.05, 0) is 50.0 Å². The molecule has 1 heterocycles. The zero-order valence-electron chi connectivity index (χ0n) is 20.2. The van der Waals surface area contributed by atoms with Crippen LogP contribution in [0.25, 0.3) is 0 Å². The van der Waals surface area contributed by atoms with Crippen molar-refractivity contribution in [1.29, 1.82) is 0 Å². The third-order valence-electron chi connectivity index (χ3n) is 7.76. The summed E-state index contributed by atoms with van der Waals surface area (Å²) in [5.41, 5.74) is -0.323. The van der Waals surface area contributed by atoms with Gasteiger partial charge in [0.15, 0.2) is 0 Å². The van der Waals surface area contributed by atoms with E-state index in [4.69, 9.17) is 14.6 Å². The van der Waals surface area contributed by atoms with E-state index in [9.17, 15) is 14.7 Å². The Bertz CT molecular complexity index is 925. The largest absolute Gasteiger partial charge is 0.478 e. The molecule has 0 aromatic rings. The maximum atomic E-state index is 12.3. The second-order valence-electron chi connectivity index (χ2n) is 9.63. The Morgan fingerprint density at radius 1 is 1.30 bits per heavy atom. The molecule has 3 rings (SSSR count). The first kappa shape index (κ1) is 25.2. The van der Waals surface area contributed by atoms with Gasteiger partial charge in [0.05, 0.1) is 13.2 Å². The number of hydrogen-bond donors (Lipinski definition) is 2. The van der Waals surface area contributed by atoms with Crippen molar-refractivity contribution in [2.75, 3.05) is 7.11 Å². The molecular formula is C27H36O6. The van der Waals surface area contributed by atoms with Crippen LogP contribution in [0, 0.1) is 23.7 Å². The number of aliphatic carboxylic acids is 1. The van der Waals surface area contributed by atoms with Crippen molar-refractivity contribution < 1.29 is 29.3 Å². The topological polar surface area (TPSA) is 96.4 Å². The molecule has 0 aromatic heterocycles. The highest BCUT2D eigenvalue weighted by Gasteiger charge is 2.70. The number of epoxide rings is 1. The standard InChI is InChI=1S/C27H36O6/c1-6-17(2)24-26(4,33-24)27(31)18(3)15-20-16-19(25(30)32-5)13-14-21(20)22(27)11-9-7-8-10-12-23(28)29/h7-13,15,17,20-22,24,31H,6,14,16H2,1-5H3,(H,28,29)/b8-7+,11-9+,12-10+/t17?,20-,21-,22?,24+,26-,27+/m1/s1. The lowest BCUT2D eigenvalue weighted by Gasteiger charge is -2.50. The maximum absolute atomic E-state index is 12.3. The third kappa shape index (κ3) is 4.64. The lowest BCUT2D eigenvalue weighted by Crippen LogP contribution is -2.57. The van der Waals surface area contributed by atoms with Gasteiger partial charge in [0.1, 0.15) is 11.2 Å². The van der Waals surface area contributed by atoms with E-state index >= 15 is 0 Å². The first-order valence-corrected chi connectivity index (χ1v) is 11.7. The van der Waals surface area contributed by atoms with E-state index < -0.39 is 17.2 Å². The smallest absolute Gasteiger partial charge is 0.333 e. The van der Waals surface area contributed by atoms with Crippen molar-refractivity contribution in [2.45, 2.75) is 64.3 Å². The fraction of sp³-hybridized carbons (Fsp3) is 0.556. The van der Waals surface area contributed by atoms with E-state index in [0.29, 0.717) is 24.3 Å². The number of allylic oxidation sites excluding steroid dienone is 6. The molecule has 0 amide bonds. The first-order valence-electron chi connectivity index (χ1n) is 11.7. The number of carboxylic acids is 1. The lowest BCUT2D eigenvalue weighted by atomic mass is 9.56. The first-order chi connectivity index (χ1) is 15.6. The van der Waals surface area contributed by atoms with Crippen molar-refractivity contribution in [1.82, 2.24) is 0 Å². The van der Waals surface area contributed by atoms with E-state index in [1.165, 1.54) is 13.2 Å². The molecule has 0 saturated carbocycles. The van der Waals surface area contributed by atoms with E-state index in [0.717, 1.165) is 18.1 Å². The molecule has 2 unspecified atom stereocenters. The number of ether oxygens (including phenoxy) is 2. The van der Waals surface area contributed by atoms with Crippen LogP contribution in [0.2, 0.25) is 0 Å². The summed E-state index contributed by atoms with van der Waals surface area (Å²) in [7, 11) is 1.40. The van der Waals surface area contributed by atoms with Crippen LogP contribution >= 0.6 is 0 Å². The van der Waals surface area contributed by atoms with Crippen LogP contribution in [0.5, 0.6) is 0 Å². The number of fused-ring (bicyclic) bond motifs is 1. The third-order valence-corrected chi connectivity index (χ3v) is 7.76. The number of rotatable bonds is 8. The Kier molecular flexibility index (Phi) is 7.49. The van der Waals surface area contributed by atoms with E-state index in [2.05, 4.69) is 19.9 Å². The van der Waals surface area contributed by atoms with E-state index in [-0.39, 0.29) is 29.8 Å². The predicted molar refractivity (Wildman–Crippen MR) is 126 cm³/mol. The lowest BCUT2D eigenvalue weighted by molar-refractivity contribution is -0.136. The van der Waals surface area contributed by atoms with Gasteiger partial charge in [-0.25, -0.2) is 9.59 Å². The Labute approximate surface area is 196 Å². The molecule has 2 N–H and O–H groups in total. The van der Waals surface area contributed by atoms with E-state index in [1.807, 2.05) is 32.1 Å². The summed E-state index contributed by atoms with van der Waals surface area (Å²) in [5.74, 6) is -0.985. The number of hydrogen-bond acceptors (Lipinski definition) is 5. The summed E-state index contributed by atoms with van der Waals surface area (Å²) >= 11 is 0. The number of carbonyl (C=O) groups excluding carboxylic acids is 1. The van der Waals surface area contributed by atoms with Crippen LogP contribution in [0.3, 0.4) is 0 Å². The van der Waals surface area contributed by atoms with Gasteiger partial charge in [0.25, 0.3) is 0 Å². The molecule has 6 nitrogen and oxygen atoms in total. The number of aliphatic hydroxyl groups is 1. The summed E-state index contributed by atoms with van der Waals surface area (Å²) in [6.45, 7) is 8.24. The summed E-state index contributed by atoms with van der Waals surface area (Å²) in [5, 5.41) is 21.0. The van der Waals surface area contributed by atoms with Crippen LogP contribution in [-0.4, -0.2) is 46.6 Å². The molecule has 6 heteroatoms. The average molecular weight is 457 g/mol. The highest BCUT2D eigenvalue weighted by Crippen LogP contribution is 2.60. The Morgan fingerprint density at radius 2 is 2.00 bits per heavy atom. The Hall–Kier alpha value is -2.44. The SMILES string of the molecule is CCC(C)[C@@H]1O[C@@]1(C)[C@]1(O)C(C)=C[C@@H]2CC(C(=O)OC)=CC[C@H]2C1/C=C/C=C/C=C/C(=O)O. The van der Waals surface area contributed by atoms with Gasteiger partial charge in [-0.1, -0.05) is 62.8 Å². The molecule has 1 aliphatic heterocycles. The van der Waals surface area contributed by atoms with Crippen LogP contribution in [0.4, 0.5) is 0 Å². The van der Waals surface area contributed by atoms with Gasteiger partial charge in [-0.2, -0.15) is 0 Å². The molecule has 33 heavy (non-hydrogen) atoms. The summed E-state index contributed by atoms with van der Waals surface area (Å²) < 4.78 is 11.2. The van der Waals surface area contributed by atoms with Crippen molar-refractivity contribution >= 4 is 11.9 Å². The molecule has 0 radical (unpaired) electrons. The zero-order valence-corrected chi connectivity index (χ0v) is 20.2.